The minimum absolute atomic E-state index is 0.276. The fraction of sp³-hybridized carbons (Fsp3) is 0.571. The summed E-state index contributed by atoms with van der Waals surface area (Å²) in [7, 11) is 0. The van der Waals surface area contributed by atoms with Crippen LogP contribution in [-0.4, -0.2) is 23.2 Å². The van der Waals surface area contributed by atoms with Crippen molar-refractivity contribution >= 4 is 12.4 Å². The van der Waals surface area contributed by atoms with Gasteiger partial charge in [0.05, 0.1) is 16.8 Å². The highest BCUT2D eigenvalue weighted by molar-refractivity contribution is 6.66. The topological polar surface area (TPSA) is 29.5 Å². The van der Waals surface area contributed by atoms with Gasteiger partial charge in [0.15, 0.2) is 0 Å². The first-order valence-corrected chi connectivity index (χ1v) is 6.52. The van der Waals surface area contributed by atoms with E-state index in [0.717, 1.165) is 6.07 Å². The molecule has 1 aromatic rings. The van der Waals surface area contributed by atoms with Crippen LogP contribution in [0.5, 0.6) is 0 Å². The average Bonchev–Trinajstić information content (AvgIpc) is 2.24. The van der Waals surface area contributed by atoms with E-state index in [1.54, 1.807) is 34.5 Å². The third kappa shape index (κ3) is 4.20. The van der Waals surface area contributed by atoms with E-state index in [1.807, 2.05) is 0 Å². The fourth-order valence-corrected chi connectivity index (χ4v) is 1.67. The second-order valence-electron chi connectivity index (χ2n) is 6.07. The molecule has 0 saturated heterocycles. The number of hydrogen-bond acceptors (Lipinski definition) is 2. The van der Waals surface area contributed by atoms with E-state index in [1.165, 1.54) is 6.07 Å². The molecule has 0 heterocycles. The molecule has 2 nitrogen and oxygen atoms in total. The number of alkyl halides is 3. The molecule has 0 fully saturated rings. The van der Waals surface area contributed by atoms with Crippen LogP contribution in [0.1, 0.15) is 33.3 Å². The zero-order valence-corrected chi connectivity index (χ0v) is 12.7. The number of rotatable bonds is 4. The molecule has 0 aromatic heterocycles. The number of hydrogen-bond donors (Lipinski definition) is 1. The zero-order valence-electron chi connectivity index (χ0n) is 12.7. The summed E-state index contributed by atoms with van der Waals surface area (Å²) in [5, 5.41) is 10.00. The van der Waals surface area contributed by atoms with Crippen molar-refractivity contribution in [3.8, 4) is 0 Å². The van der Waals surface area contributed by atoms with Crippen LogP contribution < -0.4 is 5.46 Å². The molecule has 0 amide bonds. The molecule has 0 spiro atoms. The van der Waals surface area contributed by atoms with E-state index in [2.05, 4.69) is 0 Å². The van der Waals surface area contributed by atoms with E-state index in [9.17, 15) is 22.7 Å². The summed E-state index contributed by atoms with van der Waals surface area (Å²) in [5.74, 6) is -1.34. The summed E-state index contributed by atoms with van der Waals surface area (Å²) in [6, 6.07) is 2.69. The molecular formula is C14H19BF4O2. The minimum Gasteiger partial charge on any atom is -0.423 e. The largest absolute Gasteiger partial charge is 0.423 e. The van der Waals surface area contributed by atoms with Gasteiger partial charge in [-0.25, -0.2) is 4.39 Å². The monoisotopic (exact) mass is 306 g/mol. The van der Waals surface area contributed by atoms with Crippen LogP contribution in [0.2, 0.25) is 6.82 Å². The van der Waals surface area contributed by atoms with Gasteiger partial charge in [0.1, 0.15) is 5.82 Å². The van der Waals surface area contributed by atoms with Gasteiger partial charge >= 0.3 is 13.1 Å². The fourth-order valence-electron chi connectivity index (χ4n) is 1.67. The van der Waals surface area contributed by atoms with Gasteiger partial charge in [0.25, 0.3) is 0 Å². The lowest BCUT2D eigenvalue weighted by Gasteiger charge is -2.39. The molecule has 0 radical (unpaired) electrons. The molecule has 0 atom stereocenters. The smallest absolute Gasteiger partial charge is 0.419 e. The van der Waals surface area contributed by atoms with Gasteiger partial charge in [-0.15, -0.1) is 0 Å². The van der Waals surface area contributed by atoms with Crippen molar-refractivity contribution in [3.05, 3.63) is 29.6 Å². The molecule has 7 heteroatoms. The van der Waals surface area contributed by atoms with Gasteiger partial charge < -0.3 is 9.76 Å². The Morgan fingerprint density at radius 2 is 1.62 bits per heavy atom. The molecule has 118 valence electrons. The molecule has 0 unspecified atom stereocenters. The first-order chi connectivity index (χ1) is 9.25. The van der Waals surface area contributed by atoms with Crippen molar-refractivity contribution in [2.75, 3.05) is 0 Å². The maximum Gasteiger partial charge on any atom is 0.419 e. The number of benzene rings is 1. The highest BCUT2D eigenvalue weighted by atomic mass is 19.4. The van der Waals surface area contributed by atoms with E-state index >= 15 is 0 Å². The van der Waals surface area contributed by atoms with Gasteiger partial charge in [-0.3, -0.25) is 0 Å². The molecule has 21 heavy (non-hydrogen) atoms. The van der Waals surface area contributed by atoms with Crippen molar-refractivity contribution in [2.45, 2.75) is 51.9 Å². The Bertz CT molecular complexity index is 507. The Kier molecular flexibility index (Phi) is 4.80. The number of halogens is 4. The lowest BCUT2D eigenvalue weighted by atomic mass is 9.62. The Morgan fingerprint density at radius 1 is 1.10 bits per heavy atom. The third-order valence-electron chi connectivity index (χ3n) is 3.71. The Balaban J connectivity index is 3.00. The van der Waals surface area contributed by atoms with Crippen LogP contribution in [0.3, 0.4) is 0 Å². The summed E-state index contributed by atoms with van der Waals surface area (Å²) < 4.78 is 56.7. The zero-order chi connectivity index (χ0) is 16.6. The van der Waals surface area contributed by atoms with Crippen LogP contribution in [0.15, 0.2) is 18.2 Å². The second-order valence-corrected chi connectivity index (χ2v) is 6.07. The summed E-state index contributed by atoms with van der Waals surface area (Å²) >= 11 is 0. The van der Waals surface area contributed by atoms with E-state index in [4.69, 9.17) is 4.65 Å². The van der Waals surface area contributed by atoms with Gasteiger partial charge in [-0.2, -0.15) is 13.2 Å². The second kappa shape index (κ2) is 5.61. The van der Waals surface area contributed by atoms with Crippen LogP contribution in [0.25, 0.3) is 0 Å². The van der Waals surface area contributed by atoms with Crippen molar-refractivity contribution in [1.29, 1.82) is 0 Å². The molecule has 0 saturated carbocycles. The molecule has 0 aliphatic carbocycles. The molecule has 0 aliphatic rings. The SMILES string of the molecule is CB(OC(C)(C)C(C)(C)O)c1ccc(C(F)(F)F)c(F)c1. The Labute approximate surface area is 122 Å². The molecule has 1 aromatic carbocycles. The van der Waals surface area contributed by atoms with Gasteiger partial charge in [-0.1, -0.05) is 12.9 Å². The first kappa shape index (κ1) is 18.0. The molecule has 0 bridgehead atoms. The quantitative estimate of drug-likeness (QED) is 0.683. The molecule has 0 aliphatic heterocycles. The molecule has 1 rings (SSSR count). The normalized spacial score (nSPS) is 13.4. The summed E-state index contributed by atoms with van der Waals surface area (Å²) in [6.07, 6.45) is -4.72. The first-order valence-electron chi connectivity index (χ1n) is 6.52. The highest BCUT2D eigenvalue weighted by Gasteiger charge is 2.39. The average molecular weight is 306 g/mol. The highest BCUT2D eigenvalue weighted by Crippen LogP contribution is 2.31. The minimum atomic E-state index is -4.72. The summed E-state index contributed by atoms with van der Waals surface area (Å²) in [6.45, 7) is 7.37. The van der Waals surface area contributed by atoms with Crippen LogP contribution in [0.4, 0.5) is 17.6 Å². The van der Waals surface area contributed by atoms with Crippen molar-refractivity contribution in [1.82, 2.24) is 0 Å². The lowest BCUT2D eigenvalue weighted by molar-refractivity contribution is -0.139. The third-order valence-corrected chi connectivity index (χ3v) is 3.71. The predicted molar refractivity (Wildman–Crippen MR) is 74.1 cm³/mol. The predicted octanol–water partition coefficient (Wildman–Crippen LogP) is 3.24. The standard InChI is InChI=1S/C14H19BF4O2/c1-12(2,20)13(3,4)21-15(5)9-6-7-10(11(16)8-9)14(17,18)19/h6-8,20H,1-5H3. The van der Waals surface area contributed by atoms with Crippen LogP contribution >= 0.6 is 0 Å². The maximum absolute atomic E-state index is 13.5. The summed E-state index contributed by atoms with van der Waals surface area (Å²) in [4.78, 5) is 0. The van der Waals surface area contributed by atoms with E-state index < -0.39 is 35.7 Å². The summed E-state index contributed by atoms with van der Waals surface area (Å²) in [5.41, 5.74) is -3.14. The van der Waals surface area contributed by atoms with Gasteiger partial charge in [0, 0.05) is 0 Å². The Hall–Kier alpha value is -1.08. The number of aliphatic hydroxyl groups is 1. The van der Waals surface area contributed by atoms with Crippen LogP contribution in [0, 0.1) is 5.82 Å². The van der Waals surface area contributed by atoms with E-state index in [0.29, 0.717) is 6.07 Å². The Morgan fingerprint density at radius 3 is 2.00 bits per heavy atom. The van der Waals surface area contributed by atoms with E-state index in [-0.39, 0.29) is 5.46 Å². The van der Waals surface area contributed by atoms with Gasteiger partial charge in [-0.05, 0) is 45.3 Å². The lowest BCUT2D eigenvalue weighted by Crippen LogP contribution is -2.52. The molecule has 1 N–H and O–H groups in total. The van der Waals surface area contributed by atoms with Crippen molar-refractivity contribution in [3.63, 3.8) is 0 Å². The van der Waals surface area contributed by atoms with Crippen LogP contribution in [-0.2, 0) is 10.8 Å². The maximum atomic E-state index is 13.5. The van der Waals surface area contributed by atoms with Crippen molar-refractivity contribution in [2.24, 2.45) is 0 Å². The van der Waals surface area contributed by atoms with Crippen molar-refractivity contribution < 1.29 is 27.3 Å². The molecular weight excluding hydrogens is 287 g/mol. The van der Waals surface area contributed by atoms with Gasteiger partial charge in [0.2, 0.25) is 0 Å².